The van der Waals surface area contributed by atoms with Crippen LogP contribution in [0.25, 0.3) is 0 Å². The molecule has 3 rings (SSSR count). The average molecular weight is 237 g/mol. The van der Waals surface area contributed by atoms with E-state index in [0.29, 0.717) is 5.92 Å². The Morgan fingerprint density at radius 1 is 1.41 bits per heavy atom. The lowest BCUT2D eigenvalue weighted by Gasteiger charge is -2.39. The SMILES string of the molecule is NC(c1ccoc1)C1CCOC2(CCOC2)C1. The predicted octanol–water partition coefficient (Wildman–Crippen LogP) is 1.87. The monoisotopic (exact) mass is 237 g/mol. The Morgan fingerprint density at radius 3 is 3.06 bits per heavy atom. The molecule has 2 aliphatic heterocycles. The normalized spacial score (nSPS) is 35.2. The quantitative estimate of drug-likeness (QED) is 0.853. The molecule has 2 fully saturated rings. The van der Waals surface area contributed by atoms with Gasteiger partial charge in [-0.2, -0.15) is 0 Å². The summed E-state index contributed by atoms with van der Waals surface area (Å²) in [5.74, 6) is 0.461. The van der Waals surface area contributed by atoms with E-state index in [9.17, 15) is 0 Å². The molecule has 1 spiro atoms. The van der Waals surface area contributed by atoms with Crippen molar-refractivity contribution in [2.75, 3.05) is 19.8 Å². The molecular formula is C13H19NO3. The first-order valence-electron chi connectivity index (χ1n) is 6.28. The molecule has 3 atom stereocenters. The predicted molar refractivity (Wildman–Crippen MR) is 62.5 cm³/mol. The molecule has 3 unspecified atom stereocenters. The highest BCUT2D eigenvalue weighted by atomic mass is 16.6. The third kappa shape index (κ3) is 2.12. The number of nitrogens with two attached hydrogens (primary N) is 1. The molecule has 17 heavy (non-hydrogen) atoms. The lowest BCUT2D eigenvalue weighted by Crippen LogP contribution is -2.43. The Hall–Kier alpha value is -0.840. The molecule has 2 saturated heterocycles. The van der Waals surface area contributed by atoms with Crippen molar-refractivity contribution in [3.8, 4) is 0 Å². The minimum Gasteiger partial charge on any atom is -0.472 e. The molecule has 0 radical (unpaired) electrons. The zero-order valence-corrected chi connectivity index (χ0v) is 9.93. The highest BCUT2D eigenvalue weighted by Crippen LogP contribution is 2.40. The Balaban J connectivity index is 1.71. The van der Waals surface area contributed by atoms with Crippen LogP contribution in [0.15, 0.2) is 23.0 Å². The minimum absolute atomic E-state index is 0.0510. The second-order valence-corrected chi connectivity index (χ2v) is 5.17. The van der Waals surface area contributed by atoms with Gasteiger partial charge in [-0.1, -0.05) is 0 Å². The number of furan rings is 1. The maximum absolute atomic E-state index is 6.31. The van der Waals surface area contributed by atoms with Crippen LogP contribution in [0.2, 0.25) is 0 Å². The zero-order valence-electron chi connectivity index (χ0n) is 9.93. The molecule has 2 N–H and O–H groups in total. The van der Waals surface area contributed by atoms with Crippen LogP contribution in [-0.2, 0) is 9.47 Å². The molecule has 0 aromatic carbocycles. The molecule has 1 aromatic heterocycles. The first-order valence-corrected chi connectivity index (χ1v) is 6.28. The summed E-state index contributed by atoms with van der Waals surface area (Å²) in [5.41, 5.74) is 7.33. The molecule has 0 saturated carbocycles. The lowest BCUT2D eigenvalue weighted by molar-refractivity contribution is -0.101. The standard InChI is InChI=1S/C13H19NO3/c14-12(11-1-4-15-8-11)10-2-5-17-13(7-10)3-6-16-9-13/h1,4,8,10,12H,2-3,5-7,9,14H2. The van der Waals surface area contributed by atoms with E-state index in [2.05, 4.69) is 0 Å². The molecular weight excluding hydrogens is 218 g/mol. The van der Waals surface area contributed by atoms with Gasteiger partial charge in [0.15, 0.2) is 0 Å². The van der Waals surface area contributed by atoms with Crippen LogP contribution in [0.1, 0.15) is 30.9 Å². The van der Waals surface area contributed by atoms with Gasteiger partial charge in [-0.15, -0.1) is 0 Å². The Kier molecular flexibility index (Phi) is 2.94. The fourth-order valence-electron chi connectivity index (χ4n) is 2.97. The Bertz CT molecular complexity index is 357. The van der Waals surface area contributed by atoms with Gasteiger partial charge in [0, 0.05) is 31.2 Å². The van der Waals surface area contributed by atoms with Crippen LogP contribution >= 0.6 is 0 Å². The van der Waals surface area contributed by atoms with Crippen molar-refractivity contribution in [2.24, 2.45) is 11.7 Å². The summed E-state index contributed by atoms with van der Waals surface area (Å²) in [4.78, 5) is 0. The van der Waals surface area contributed by atoms with Crippen molar-refractivity contribution >= 4 is 0 Å². The molecule has 0 bridgehead atoms. The van der Waals surface area contributed by atoms with Crippen molar-refractivity contribution in [3.63, 3.8) is 0 Å². The first-order chi connectivity index (χ1) is 8.29. The van der Waals surface area contributed by atoms with E-state index in [-0.39, 0.29) is 11.6 Å². The van der Waals surface area contributed by atoms with Crippen LogP contribution in [0, 0.1) is 5.92 Å². The van der Waals surface area contributed by atoms with E-state index >= 15 is 0 Å². The summed E-state index contributed by atoms with van der Waals surface area (Å²) in [6.07, 6.45) is 6.45. The molecule has 3 heterocycles. The molecule has 1 aromatic rings. The van der Waals surface area contributed by atoms with Gasteiger partial charge in [0.1, 0.15) is 0 Å². The molecule has 2 aliphatic rings. The van der Waals surface area contributed by atoms with Crippen LogP contribution in [0.3, 0.4) is 0 Å². The molecule has 4 heteroatoms. The number of hydrogen-bond donors (Lipinski definition) is 1. The number of hydrogen-bond acceptors (Lipinski definition) is 4. The van der Waals surface area contributed by atoms with Crippen molar-refractivity contribution in [1.29, 1.82) is 0 Å². The Morgan fingerprint density at radius 2 is 2.35 bits per heavy atom. The van der Waals surface area contributed by atoms with Gasteiger partial charge < -0.3 is 19.6 Å². The van der Waals surface area contributed by atoms with Crippen LogP contribution in [0.5, 0.6) is 0 Å². The molecule has 94 valence electrons. The topological polar surface area (TPSA) is 57.6 Å². The van der Waals surface area contributed by atoms with E-state index in [4.69, 9.17) is 19.6 Å². The summed E-state index contributed by atoms with van der Waals surface area (Å²) in [5, 5.41) is 0. The maximum atomic E-state index is 6.31. The number of ether oxygens (including phenoxy) is 2. The van der Waals surface area contributed by atoms with E-state index in [0.717, 1.165) is 44.6 Å². The van der Waals surface area contributed by atoms with Crippen molar-refractivity contribution in [1.82, 2.24) is 0 Å². The van der Waals surface area contributed by atoms with Crippen LogP contribution in [0.4, 0.5) is 0 Å². The molecule has 4 nitrogen and oxygen atoms in total. The summed E-state index contributed by atoms with van der Waals surface area (Å²) < 4.78 is 16.5. The van der Waals surface area contributed by atoms with Gasteiger partial charge in [0.05, 0.1) is 24.7 Å². The minimum atomic E-state index is -0.0652. The second-order valence-electron chi connectivity index (χ2n) is 5.17. The van der Waals surface area contributed by atoms with Crippen molar-refractivity contribution in [3.05, 3.63) is 24.2 Å². The maximum Gasteiger partial charge on any atom is 0.0950 e. The van der Waals surface area contributed by atoms with Crippen LogP contribution in [-0.4, -0.2) is 25.4 Å². The summed E-state index contributed by atoms with van der Waals surface area (Å²) >= 11 is 0. The highest BCUT2D eigenvalue weighted by molar-refractivity contribution is 5.13. The third-order valence-corrected chi connectivity index (χ3v) is 4.03. The van der Waals surface area contributed by atoms with E-state index in [1.165, 1.54) is 0 Å². The Labute approximate surface area is 101 Å². The van der Waals surface area contributed by atoms with Crippen molar-refractivity contribution in [2.45, 2.75) is 30.9 Å². The highest BCUT2D eigenvalue weighted by Gasteiger charge is 2.42. The average Bonchev–Trinajstić information content (AvgIpc) is 3.00. The smallest absolute Gasteiger partial charge is 0.0950 e. The van der Waals surface area contributed by atoms with E-state index < -0.39 is 0 Å². The third-order valence-electron chi connectivity index (χ3n) is 4.03. The second kappa shape index (κ2) is 4.44. The van der Waals surface area contributed by atoms with Gasteiger partial charge in [-0.25, -0.2) is 0 Å². The van der Waals surface area contributed by atoms with Crippen molar-refractivity contribution < 1.29 is 13.9 Å². The molecule has 0 aliphatic carbocycles. The number of rotatable bonds is 2. The summed E-state index contributed by atoms with van der Waals surface area (Å²) in [7, 11) is 0. The summed E-state index contributed by atoms with van der Waals surface area (Å²) in [6, 6.07) is 2.01. The first kappa shape index (κ1) is 11.3. The van der Waals surface area contributed by atoms with Gasteiger partial charge in [-0.3, -0.25) is 0 Å². The largest absolute Gasteiger partial charge is 0.472 e. The van der Waals surface area contributed by atoms with Gasteiger partial charge in [0.2, 0.25) is 0 Å². The lowest BCUT2D eigenvalue weighted by atomic mass is 9.80. The van der Waals surface area contributed by atoms with Gasteiger partial charge >= 0.3 is 0 Å². The fourth-order valence-corrected chi connectivity index (χ4v) is 2.97. The zero-order chi connectivity index (χ0) is 11.7. The molecule has 0 amide bonds. The van der Waals surface area contributed by atoms with Gasteiger partial charge in [-0.05, 0) is 24.8 Å². The fraction of sp³-hybridized carbons (Fsp3) is 0.692. The van der Waals surface area contributed by atoms with E-state index in [1.54, 1.807) is 12.5 Å². The van der Waals surface area contributed by atoms with Gasteiger partial charge in [0.25, 0.3) is 0 Å². The van der Waals surface area contributed by atoms with Crippen LogP contribution < -0.4 is 5.73 Å². The van der Waals surface area contributed by atoms with E-state index in [1.807, 2.05) is 6.07 Å². The summed E-state index contributed by atoms with van der Waals surface area (Å²) in [6.45, 7) is 2.33.